The van der Waals surface area contributed by atoms with Crippen LogP contribution in [0.3, 0.4) is 0 Å². The Morgan fingerprint density at radius 1 is 1.29 bits per heavy atom. The number of hydrogen-bond donors (Lipinski definition) is 0. The van der Waals surface area contributed by atoms with Crippen LogP contribution < -0.4 is 0 Å². The van der Waals surface area contributed by atoms with Crippen molar-refractivity contribution >= 4 is 5.91 Å². The number of rotatable bonds is 6. The minimum Gasteiger partial charge on any atom is -0.340 e. The van der Waals surface area contributed by atoms with Gasteiger partial charge in [-0.05, 0) is 63.3 Å². The van der Waals surface area contributed by atoms with Crippen molar-refractivity contribution in [1.82, 2.24) is 19.7 Å². The van der Waals surface area contributed by atoms with Gasteiger partial charge >= 0.3 is 0 Å². The van der Waals surface area contributed by atoms with Gasteiger partial charge in [-0.25, -0.2) is 0 Å². The Kier molecular flexibility index (Phi) is 5.28. The van der Waals surface area contributed by atoms with Crippen molar-refractivity contribution in [3.05, 3.63) is 47.5 Å². The van der Waals surface area contributed by atoms with Gasteiger partial charge in [0.05, 0.1) is 0 Å². The van der Waals surface area contributed by atoms with E-state index in [9.17, 15) is 4.79 Å². The maximum atomic E-state index is 12.6. The van der Waals surface area contributed by atoms with Crippen LogP contribution in [0.2, 0.25) is 0 Å². The molecule has 1 fully saturated rings. The standard InChI is InChI=1S/C19H26N4O/c1-15-14-17(8-10-20-15)5-6-18-4-3-12-22(18)19(24)9-13-23-16(2)7-11-21-23/h7-8,10-11,14,18H,3-6,9,12-13H2,1-2H3/t18-/m1/s1. The van der Waals surface area contributed by atoms with Crippen LogP contribution in [0.5, 0.6) is 0 Å². The van der Waals surface area contributed by atoms with E-state index in [0.717, 1.165) is 43.6 Å². The number of aromatic nitrogens is 3. The van der Waals surface area contributed by atoms with E-state index in [1.54, 1.807) is 6.20 Å². The molecule has 0 N–H and O–H groups in total. The molecule has 0 saturated carbocycles. The summed E-state index contributed by atoms with van der Waals surface area (Å²) in [5.41, 5.74) is 3.48. The lowest BCUT2D eigenvalue weighted by molar-refractivity contribution is -0.132. The van der Waals surface area contributed by atoms with E-state index in [4.69, 9.17) is 0 Å². The highest BCUT2D eigenvalue weighted by Crippen LogP contribution is 2.23. The van der Waals surface area contributed by atoms with Crippen molar-refractivity contribution in [1.29, 1.82) is 0 Å². The highest BCUT2D eigenvalue weighted by molar-refractivity contribution is 5.76. The molecule has 1 aliphatic rings. The Morgan fingerprint density at radius 2 is 2.17 bits per heavy atom. The zero-order valence-electron chi connectivity index (χ0n) is 14.6. The Bertz CT molecular complexity index is 694. The van der Waals surface area contributed by atoms with Crippen molar-refractivity contribution in [3.8, 4) is 0 Å². The molecular weight excluding hydrogens is 300 g/mol. The smallest absolute Gasteiger partial charge is 0.224 e. The number of nitrogens with zero attached hydrogens (tertiary/aromatic N) is 4. The summed E-state index contributed by atoms with van der Waals surface area (Å²) >= 11 is 0. The molecule has 0 aromatic carbocycles. The molecule has 0 spiro atoms. The van der Waals surface area contributed by atoms with Crippen LogP contribution >= 0.6 is 0 Å². The van der Waals surface area contributed by atoms with E-state index in [1.807, 2.05) is 30.8 Å². The molecule has 1 aliphatic heterocycles. The monoisotopic (exact) mass is 326 g/mol. The number of amides is 1. The molecular formula is C19H26N4O. The van der Waals surface area contributed by atoms with Crippen molar-refractivity contribution in [2.24, 2.45) is 0 Å². The Labute approximate surface area is 143 Å². The lowest BCUT2D eigenvalue weighted by atomic mass is 10.0. The van der Waals surface area contributed by atoms with Gasteiger partial charge in [-0.1, -0.05) is 0 Å². The van der Waals surface area contributed by atoms with Gasteiger partial charge in [0, 0.05) is 49.3 Å². The molecule has 3 heterocycles. The fraction of sp³-hybridized carbons (Fsp3) is 0.526. The fourth-order valence-electron chi connectivity index (χ4n) is 3.54. The number of aryl methyl sites for hydroxylation is 4. The molecule has 0 radical (unpaired) electrons. The SMILES string of the molecule is Cc1cc(CC[C@H]2CCCN2C(=O)CCn2nccc2C)ccn1. The van der Waals surface area contributed by atoms with Gasteiger partial charge in [0.15, 0.2) is 0 Å². The van der Waals surface area contributed by atoms with Crippen molar-refractivity contribution in [3.63, 3.8) is 0 Å². The van der Waals surface area contributed by atoms with E-state index in [2.05, 4.69) is 27.1 Å². The van der Waals surface area contributed by atoms with E-state index in [0.29, 0.717) is 19.0 Å². The van der Waals surface area contributed by atoms with Gasteiger partial charge in [0.25, 0.3) is 0 Å². The van der Waals surface area contributed by atoms with Crippen LogP contribution in [0.1, 0.15) is 42.6 Å². The quantitative estimate of drug-likeness (QED) is 0.820. The summed E-state index contributed by atoms with van der Waals surface area (Å²) in [7, 11) is 0. The summed E-state index contributed by atoms with van der Waals surface area (Å²) in [6.07, 6.45) is 8.48. The summed E-state index contributed by atoms with van der Waals surface area (Å²) in [6, 6.07) is 6.57. The lowest BCUT2D eigenvalue weighted by Crippen LogP contribution is -2.36. The van der Waals surface area contributed by atoms with E-state index < -0.39 is 0 Å². The van der Waals surface area contributed by atoms with Crippen LogP contribution in [0.4, 0.5) is 0 Å². The molecule has 0 bridgehead atoms. The lowest BCUT2D eigenvalue weighted by Gasteiger charge is -2.25. The van der Waals surface area contributed by atoms with Crippen LogP contribution in [-0.4, -0.2) is 38.2 Å². The second kappa shape index (κ2) is 7.60. The van der Waals surface area contributed by atoms with Crippen molar-refractivity contribution < 1.29 is 4.79 Å². The molecule has 0 unspecified atom stereocenters. The Hall–Kier alpha value is -2.17. The van der Waals surface area contributed by atoms with E-state index in [1.165, 1.54) is 5.56 Å². The molecule has 2 aromatic heterocycles. The Morgan fingerprint density at radius 3 is 2.92 bits per heavy atom. The molecule has 0 aliphatic carbocycles. The van der Waals surface area contributed by atoms with Crippen molar-refractivity contribution in [2.75, 3.05) is 6.54 Å². The number of hydrogen-bond acceptors (Lipinski definition) is 3. The topological polar surface area (TPSA) is 51.0 Å². The van der Waals surface area contributed by atoms with E-state index >= 15 is 0 Å². The maximum absolute atomic E-state index is 12.6. The first-order valence-electron chi connectivity index (χ1n) is 8.83. The molecule has 1 amide bonds. The molecule has 1 atom stereocenters. The minimum atomic E-state index is 0.262. The highest BCUT2D eigenvalue weighted by atomic mass is 16.2. The number of carbonyl (C=O) groups excluding carboxylic acids is 1. The van der Waals surface area contributed by atoms with Gasteiger partial charge in [-0.15, -0.1) is 0 Å². The van der Waals surface area contributed by atoms with Gasteiger partial charge in [0.1, 0.15) is 0 Å². The number of carbonyl (C=O) groups is 1. The summed E-state index contributed by atoms with van der Waals surface area (Å²) in [5.74, 6) is 0.262. The second-order valence-electron chi connectivity index (χ2n) is 6.67. The first kappa shape index (κ1) is 16.7. The highest BCUT2D eigenvalue weighted by Gasteiger charge is 2.28. The molecule has 1 saturated heterocycles. The van der Waals surface area contributed by atoms with Crippen LogP contribution in [0, 0.1) is 13.8 Å². The average Bonchev–Trinajstić information content (AvgIpc) is 3.19. The van der Waals surface area contributed by atoms with Crippen LogP contribution in [0.25, 0.3) is 0 Å². The van der Waals surface area contributed by atoms with Gasteiger partial charge in [0.2, 0.25) is 5.91 Å². The molecule has 2 aromatic rings. The van der Waals surface area contributed by atoms with Gasteiger partial charge in [-0.3, -0.25) is 14.5 Å². The largest absolute Gasteiger partial charge is 0.340 e. The molecule has 24 heavy (non-hydrogen) atoms. The predicted octanol–water partition coefficient (Wildman–Crippen LogP) is 2.91. The zero-order chi connectivity index (χ0) is 16.9. The molecule has 5 nitrogen and oxygen atoms in total. The molecule has 128 valence electrons. The van der Waals surface area contributed by atoms with Crippen molar-refractivity contribution in [2.45, 2.75) is 58.5 Å². The maximum Gasteiger partial charge on any atom is 0.224 e. The van der Waals surface area contributed by atoms with E-state index in [-0.39, 0.29) is 5.91 Å². The van der Waals surface area contributed by atoms with Gasteiger partial charge < -0.3 is 4.90 Å². The molecule has 3 rings (SSSR count). The normalized spacial score (nSPS) is 17.4. The molecule has 5 heteroatoms. The second-order valence-corrected chi connectivity index (χ2v) is 6.67. The summed E-state index contributed by atoms with van der Waals surface area (Å²) in [4.78, 5) is 18.9. The average molecular weight is 326 g/mol. The summed E-state index contributed by atoms with van der Waals surface area (Å²) < 4.78 is 1.91. The first-order chi connectivity index (χ1) is 11.6. The van der Waals surface area contributed by atoms with Crippen LogP contribution in [-0.2, 0) is 17.8 Å². The first-order valence-corrected chi connectivity index (χ1v) is 8.83. The fourth-order valence-corrected chi connectivity index (χ4v) is 3.54. The van der Waals surface area contributed by atoms with Gasteiger partial charge in [-0.2, -0.15) is 5.10 Å². The third-order valence-electron chi connectivity index (χ3n) is 4.89. The third kappa shape index (κ3) is 4.02. The predicted molar refractivity (Wildman–Crippen MR) is 93.6 cm³/mol. The zero-order valence-corrected chi connectivity index (χ0v) is 14.6. The number of likely N-dealkylation sites (tertiary alicyclic amines) is 1. The summed E-state index contributed by atoms with van der Waals surface area (Å²) in [6.45, 7) is 5.61. The number of pyridine rings is 1. The van der Waals surface area contributed by atoms with Crippen LogP contribution in [0.15, 0.2) is 30.6 Å². The minimum absolute atomic E-state index is 0.262. The summed E-state index contributed by atoms with van der Waals surface area (Å²) in [5, 5.41) is 4.26. The third-order valence-corrected chi connectivity index (χ3v) is 4.89. The Balaban J connectivity index is 1.52.